The third kappa shape index (κ3) is 3.02. The Balaban J connectivity index is 1.76. The van der Waals surface area contributed by atoms with Crippen molar-refractivity contribution in [2.24, 2.45) is 5.10 Å². The quantitative estimate of drug-likeness (QED) is 0.832. The van der Waals surface area contributed by atoms with Crippen molar-refractivity contribution in [2.75, 3.05) is 0 Å². The van der Waals surface area contributed by atoms with E-state index in [4.69, 9.17) is 0 Å². The molecule has 1 aromatic rings. The normalized spacial score (nSPS) is 21.0. The van der Waals surface area contributed by atoms with Crippen LogP contribution in [-0.2, 0) is 4.79 Å². The van der Waals surface area contributed by atoms with Crippen molar-refractivity contribution in [1.82, 2.24) is 5.01 Å². The van der Waals surface area contributed by atoms with Gasteiger partial charge in [-0.15, -0.1) is 0 Å². The van der Waals surface area contributed by atoms with Crippen molar-refractivity contribution in [3.63, 3.8) is 0 Å². The fourth-order valence-corrected chi connectivity index (χ4v) is 2.63. The summed E-state index contributed by atoms with van der Waals surface area (Å²) in [6, 6.07) is 10.1. The molecular weight excluding hydrogens is 260 g/mol. The lowest BCUT2D eigenvalue weighted by molar-refractivity contribution is -0.129. The van der Waals surface area contributed by atoms with E-state index in [0.717, 1.165) is 24.1 Å². The van der Waals surface area contributed by atoms with Crippen LogP contribution in [0, 0.1) is 0 Å². The summed E-state index contributed by atoms with van der Waals surface area (Å²) in [5.74, 6) is -0.0146. The second-order valence-electron chi connectivity index (χ2n) is 5.28. The molecular formula is C18H18N2O. The lowest BCUT2D eigenvalue weighted by atomic mass is 10.0. The van der Waals surface area contributed by atoms with Crippen LogP contribution >= 0.6 is 0 Å². The van der Waals surface area contributed by atoms with Crippen LogP contribution in [0.2, 0.25) is 0 Å². The van der Waals surface area contributed by atoms with Gasteiger partial charge in [-0.2, -0.15) is 5.10 Å². The summed E-state index contributed by atoms with van der Waals surface area (Å²) in [6.45, 7) is 1.57. The zero-order chi connectivity index (χ0) is 14.7. The van der Waals surface area contributed by atoms with Crippen LogP contribution in [0.1, 0.15) is 25.3 Å². The Bertz CT molecular complexity index is 653. The molecule has 0 saturated carbocycles. The third-order valence-electron chi connectivity index (χ3n) is 3.72. The molecule has 1 aromatic carbocycles. The molecule has 1 aliphatic heterocycles. The van der Waals surface area contributed by atoms with Gasteiger partial charge >= 0.3 is 0 Å². The molecule has 0 N–H and O–H groups in total. The molecule has 1 amide bonds. The van der Waals surface area contributed by atoms with Gasteiger partial charge < -0.3 is 0 Å². The van der Waals surface area contributed by atoms with E-state index in [1.54, 1.807) is 11.9 Å². The number of carbonyl (C=O) groups excluding carboxylic acids is 1. The number of carbonyl (C=O) groups is 1. The molecule has 3 rings (SSSR count). The molecule has 0 spiro atoms. The molecule has 1 unspecified atom stereocenters. The maximum atomic E-state index is 11.8. The van der Waals surface area contributed by atoms with Crippen LogP contribution in [0.15, 0.2) is 65.3 Å². The van der Waals surface area contributed by atoms with E-state index in [-0.39, 0.29) is 11.9 Å². The molecule has 2 aliphatic rings. The number of nitrogens with zero attached hydrogens (tertiary/aromatic N) is 2. The summed E-state index contributed by atoms with van der Waals surface area (Å²) in [7, 11) is 0. The number of hydrogen-bond acceptors (Lipinski definition) is 2. The van der Waals surface area contributed by atoms with Crippen molar-refractivity contribution in [3.05, 3.63) is 65.8 Å². The number of rotatable bonds is 3. The average Bonchev–Trinajstić information content (AvgIpc) is 3.15. The van der Waals surface area contributed by atoms with Crippen LogP contribution in [0.5, 0.6) is 0 Å². The summed E-state index contributed by atoms with van der Waals surface area (Å²) in [5, 5.41) is 6.10. The van der Waals surface area contributed by atoms with Crippen molar-refractivity contribution < 1.29 is 4.79 Å². The van der Waals surface area contributed by atoms with Crippen LogP contribution in [-0.4, -0.2) is 22.7 Å². The molecule has 0 fully saturated rings. The van der Waals surface area contributed by atoms with Crippen LogP contribution in [0.25, 0.3) is 6.08 Å². The van der Waals surface area contributed by atoms with Crippen molar-refractivity contribution in [3.8, 4) is 0 Å². The van der Waals surface area contributed by atoms with Gasteiger partial charge in [-0.05, 0) is 17.6 Å². The first-order valence-electron chi connectivity index (χ1n) is 7.20. The summed E-state index contributed by atoms with van der Waals surface area (Å²) in [6.07, 6.45) is 12.1. The SMILES string of the molecule is CC(=O)N1N=C(C2=CC=CC2)CC1/C=C/c1ccccc1. The summed E-state index contributed by atoms with van der Waals surface area (Å²) in [5.41, 5.74) is 3.38. The van der Waals surface area contributed by atoms with Gasteiger partial charge in [0.05, 0.1) is 11.8 Å². The van der Waals surface area contributed by atoms with Gasteiger partial charge in [0.2, 0.25) is 5.91 Å². The van der Waals surface area contributed by atoms with E-state index in [1.165, 1.54) is 5.57 Å². The smallest absolute Gasteiger partial charge is 0.240 e. The van der Waals surface area contributed by atoms with E-state index >= 15 is 0 Å². The van der Waals surface area contributed by atoms with Gasteiger partial charge in [0, 0.05) is 13.3 Å². The number of benzene rings is 1. The highest BCUT2D eigenvalue weighted by molar-refractivity contribution is 6.03. The second kappa shape index (κ2) is 5.92. The van der Waals surface area contributed by atoms with Crippen molar-refractivity contribution in [2.45, 2.75) is 25.8 Å². The molecule has 0 aromatic heterocycles. The lowest BCUT2D eigenvalue weighted by Crippen LogP contribution is -2.29. The summed E-state index contributed by atoms with van der Waals surface area (Å²) >= 11 is 0. The molecule has 0 saturated heterocycles. The fourth-order valence-electron chi connectivity index (χ4n) is 2.63. The molecule has 1 heterocycles. The van der Waals surface area contributed by atoms with Crippen molar-refractivity contribution in [1.29, 1.82) is 0 Å². The Hall–Kier alpha value is -2.42. The first kappa shape index (κ1) is 13.6. The second-order valence-corrected chi connectivity index (χ2v) is 5.28. The molecule has 106 valence electrons. The van der Waals surface area contributed by atoms with Crippen LogP contribution in [0.4, 0.5) is 0 Å². The molecule has 21 heavy (non-hydrogen) atoms. The van der Waals surface area contributed by atoms with Gasteiger partial charge in [0.15, 0.2) is 0 Å². The standard InChI is InChI=1S/C18H18N2O/c1-14(21)20-17(12-11-15-7-3-2-4-8-15)13-18(19-20)16-9-5-6-10-16/h2-9,11-12,17H,10,13H2,1H3/b12-11+. The first-order chi connectivity index (χ1) is 10.2. The predicted molar refractivity (Wildman–Crippen MR) is 85.7 cm³/mol. The average molecular weight is 278 g/mol. The van der Waals surface area contributed by atoms with Gasteiger partial charge in [-0.25, -0.2) is 5.01 Å². The minimum atomic E-state index is -0.0146. The third-order valence-corrected chi connectivity index (χ3v) is 3.72. The first-order valence-corrected chi connectivity index (χ1v) is 7.20. The maximum Gasteiger partial charge on any atom is 0.240 e. The Kier molecular flexibility index (Phi) is 3.82. The Labute approximate surface area is 125 Å². The van der Waals surface area contributed by atoms with Crippen LogP contribution < -0.4 is 0 Å². The van der Waals surface area contributed by atoms with Crippen molar-refractivity contribution >= 4 is 17.7 Å². The minimum absolute atomic E-state index is 0.0132. The summed E-state index contributed by atoms with van der Waals surface area (Å²) in [4.78, 5) is 11.8. The molecule has 1 atom stereocenters. The van der Waals surface area contributed by atoms with E-state index < -0.39 is 0 Å². The topological polar surface area (TPSA) is 32.7 Å². The van der Waals surface area contributed by atoms with Gasteiger partial charge in [-0.1, -0.05) is 60.7 Å². The van der Waals surface area contributed by atoms with Crippen LogP contribution in [0.3, 0.4) is 0 Å². The number of hydrazone groups is 1. The Morgan fingerprint density at radius 2 is 2.14 bits per heavy atom. The number of allylic oxidation sites excluding steroid dienone is 4. The monoisotopic (exact) mass is 278 g/mol. The maximum absolute atomic E-state index is 11.8. The lowest BCUT2D eigenvalue weighted by Gasteiger charge is -2.16. The van der Waals surface area contributed by atoms with Gasteiger partial charge in [0.25, 0.3) is 0 Å². The zero-order valence-electron chi connectivity index (χ0n) is 12.1. The largest absolute Gasteiger partial charge is 0.273 e. The highest BCUT2D eigenvalue weighted by atomic mass is 16.2. The molecule has 3 heteroatoms. The number of amides is 1. The molecule has 3 nitrogen and oxygen atoms in total. The summed E-state index contributed by atoms with van der Waals surface area (Å²) < 4.78 is 0. The molecule has 0 radical (unpaired) electrons. The van der Waals surface area contributed by atoms with E-state index in [2.05, 4.69) is 41.5 Å². The Morgan fingerprint density at radius 3 is 2.81 bits per heavy atom. The van der Waals surface area contributed by atoms with E-state index in [9.17, 15) is 4.79 Å². The van der Waals surface area contributed by atoms with Gasteiger partial charge in [0.1, 0.15) is 0 Å². The van der Waals surface area contributed by atoms with E-state index in [0.29, 0.717) is 0 Å². The predicted octanol–water partition coefficient (Wildman–Crippen LogP) is 3.56. The van der Waals surface area contributed by atoms with Gasteiger partial charge in [-0.3, -0.25) is 4.79 Å². The minimum Gasteiger partial charge on any atom is -0.273 e. The molecule has 1 aliphatic carbocycles. The highest BCUT2D eigenvalue weighted by Crippen LogP contribution is 2.25. The Morgan fingerprint density at radius 1 is 1.33 bits per heavy atom. The fraction of sp³-hybridized carbons (Fsp3) is 0.222. The molecule has 0 bridgehead atoms. The van der Waals surface area contributed by atoms with E-state index in [1.807, 2.05) is 24.3 Å². The highest BCUT2D eigenvalue weighted by Gasteiger charge is 2.28. The number of hydrogen-bond donors (Lipinski definition) is 0. The zero-order valence-corrected chi connectivity index (χ0v) is 12.1.